The molecule has 1 saturated carbocycles. The Morgan fingerprint density at radius 3 is 2.62 bits per heavy atom. The van der Waals surface area contributed by atoms with Gasteiger partial charge in [-0.1, -0.05) is 12.8 Å². The van der Waals surface area contributed by atoms with E-state index >= 15 is 0 Å². The quantitative estimate of drug-likeness (QED) is 0.853. The highest BCUT2D eigenvalue weighted by Gasteiger charge is 2.30. The fourth-order valence-corrected chi connectivity index (χ4v) is 2.74. The Morgan fingerprint density at radius 2 is 2.06 bits per heavy atom. The number of ether oxygens (including phenoxy) is 1. The summed E-state index contributed by atoms with van der Waals surface area (Å²) in [4.78, 5) is 0. The Kier molecular flexibility index (Phi) is 3.19. The third-order valence-electron chi connectivity index (χ3n) is 3.55. The van der Waals surface area contributed by atoms with Crippen LogP contribution in [-0.2, 0) is 7.05 Å². The SMILES string of the molecule is COc1c(C(O)C2CCCC2)c(C)nn1C. The zero-order valence-electron chi connectivity index (χ0n) is 10.2. The van der Waals surface area contributed by atoms with Gasteiger partial charge in [0.15, 0.2) is 0 Å². The molecule has 0 saturated heterocycles. The zero-order chi connectivity index (χ0) is 11.7. The average molecular weight is 224 g/mol. The predicted molar refractivity (Wildman–Crippen MR) is 61.4 cm³/mol. The van der Waals surface area contributed by atoms with Gasteiger partial charge in [-0.2, -0.15) is 5.10 Å². The van der Waals surface area contributed by atoms with Crippen molar-refractivity contribution in [3.05, 3.63) is 11.3 Å². The summed E-state index contributed by atoms with van der Waals surface area (Å²) in [7, 11) is 3.47. The minimum absolute atomic E-state index is 0.372. The molecule has 1 fully saturated rings. The summed E-state index contributed by atoms with van der Waals surface area (Å²) in [6, 6.07) is 0. The minimum Gasteiger partial charge on any atom is -0.481 e. The van der Waals surface area contributed by atoms with E-state index in [-0.39, 0.29) is 0 Å². The predicted octanol–water partition coefficient (Wildman–Crippen LogP) is 1.96. The van der Waals surface area contributed by atoms with Gasteiger partial charge in [-0.25, -0.2) is 4.68 Å². The second-order valence-corrected chi connectivity index (χ2v) is 4.62. The molecule has 0 aliphatic heterocycles. The van der Waals surface area contributed by atoms with Crippen LogP contribution in [0.1, 0.15) is 43.0 Å². The second-order valence-electron chi connectivity index (χ2n) is 4.62. The molecular weight excluding hydrogens is 204 g/mol. The van der Waals surface area contributed by atoms with Crippen molar-refractivity contribution in [3.63, 3.8) is 0 Å². The molecule has 1 aromatic heterocycles. The van der Waals surface area contributed by atoms with Gasteiger partial charge in [0.2, 0.25) is 5.88 Å². The van der Waals surface area contributed by atoms with Gasteiger partial charge in [-0.05, 0) is 25.7 Å². The van der Waals surface area contributed by atoms with E-state index in [1.807, 2.05) is 14.0 Å². The van der Waals surface area contributed by atoms with Crippen molar-refractivity contribution in [2.45, 2.75) is 38.7 Å². The Morgan fingerprint density at radius 1 is 1.44 bits per heavy atom. The van der Waals surface area contributed by atoms with Crippen LogP contribution in [0.3, 0.4) is 0 Å². The molecule has 1 N–H and O–H groups in total. The minimum atomic E-state index is -0.425. The van der Waals surface area contributed by atoms with Gasteiger partial charge in [0.05, 0.1) is 24.5 Å². The van der Waals surface area contributed by atoms with E-state index in [1.165, 1.54) is 12.8 Å². The van der Waals surface area contributed by atoms with Gasteiger partial charge in [0, 0.05) is 7.05 Å². The zero-order valence-corrected chi connectivity index (χ0v) is 10.2. The number of methoxy groups -OCH3 is 1. The van der Waals surface area contributed by atoms with Crippen LogP contribution in [-0.4, -0.2) is 22.0 Å². The molecule has 4 nitrogen and oxygen atoms in total. The molecule has 0 aromatic carbocycles. The van der Waals surface area contributed by atoms with Crippen LogP contribution in [0.2, 0.25) is 0 Å². The van der Waals surface area contributed by atoms with Crippen molar-refractivity contribution < 1.29 is 9.84 Å². The molecule has 0 radical (unpaired) electrons. The second kappa shape index (κ2) is 4.45. The van der Waals surface area contributed by atoms with Crippen molar-refractivity contribution in [2.24, 2.45) is 13.0 Å². The number of aromatic nitrogens is 2. The van der Waals surface area contributed by atoms with Crippen LogP contribution in [0.4, 0.5) is 0 Å². The summed E-state index contributed by atoms with van der Waals surface area (Å²) >= 11 is 0. The molecule has 0 spiro atoms. The number of hydrogen-bond donors (Lipinski definition) is 1. The number of hydrogen-bond acceptors (Lipinski definition) is 3. The van der Waals surface area contributed by atoms with E-state index in [2.05, 4.69) is 5.10 Å². The number of aliphatic hydroxyl groups excluding tert-OH is 1. The van der Waals surface area contributed by atoms with E-state index in [0.717, 1.165) is 24.1 Å². The maximum absolute atomic E-state index is 10.4. The third-order valence-corrected chi connectivity index (χ3v) is 3.55. The highest BCUT2D eigenvalue weighted by molar-refractivity contribution is 5.33. The lowest BCUT2D eigenvalue weighted by Crippen LogP contribution is -2.10. The van der Waals surface area contributed by atoms with Crippen LogP contribution in [0, 0.1) is 12.8 Å². The van der Waals surface area contributed by atoms with Gasteiger partial charge in [-0.3, -0.25) is 0 Å². The molecule has 90 valence electrons. The Labute approximate surface area is 96.2 Å². The van der Waals surface area contributed by atoms with Crippen molar-refractivity contribution in [1.29, 1.82) is 0 Å². The molecule has 0 bridgehead atoms. The highest BCUT2D eigenvalue weighted by atomic mass is 16.5. The highest BCUT2D eigenvalue weighted by Crippen LogP contribution is 2.39. The van der Waals surface area contributed by atoms with Crippen LogP contribution in [0.5, 0.6) is 5.88 Å². The van der Waals surface area contributed by atoms with Crippen LogP contribution in [0.15, 0.2) is 0 Å². The summed E-state index contributed by atoms with van der Waals surface area (Å²) in [5.41, 5.74) is 1.75. The Balaban J connectivity index is 2.30. The number of nitrogens with zero attached hydrogens (tertiary/aromatic N) is 2. The molecule has 1 atom stereocenters. The molecule has 1 unspecified atom stereocenters. The van der Waals surface area contributed by atoms with E-state index < -0.39 is 6.10 Å². The maximum atomic E-state index is 10.4. The monoisotopic (exact) mass is 224 g/mol. The molecule has 1 heterocycles. The van der Waals surface area contributed by atoms with Crippen molar-refractivity contribution in [2.75, 3.05) is 7.11 Å². The average Bonchev–Trinajstić information content (AvgIpc) is 2.84. The van der Waals surface area contributed by atoms with Gasteiger partial charge in [0.1, 0.15) is 0 Å². The Hall–Kier alpha value is -1.03. The van der Waals surface area contributed by atoms with Crippen LogP contribution < -0.4 is 4.74 Å². The van der Waals surface area contributed by atoms with Gasteiger partial charge in [0.25, 0.3) is 0 Å². The summed E-state index contributed by atoms with van der Waals surface area (Å²) in [5.74, 6) is 1.06. The number of aryl methyl sites for hydroxylation is 2. The number of rotatable bonds is 3. The molecule has 1 aliphatic carbocycles. The van der Waals surface area contributed by atoms with Crippen LogP contribution >= 0.6 is 0 Å². The lowest BCUT2D eigenvalue weighted by Gasteiger charge is -2.18. The topological polar surface area (TPSA) is 47.3 Å². The first-order chi connectivity index (χ1) is 7.65. The van der Waals surface area contributed by atoms with Crippen molar-refractivity contribution in [3.8, 4) is 5.88 Å². The van der Waals surface area contributed by atoms with Crippen molar-refractivity contribution in [1.82, 2.24) is 9.78 Å². The normalized spacial score (nSPS) is 19.0. The molecule has 1 aromatic rings. The van der Waals surface area contributed by atoms with E-state index in [1.54, 1.807) is 11.8 Å². The third kappa shape index (κ3) is 1.82. The summed E-state index contributed by atoms with van der Waals surface area (Å²) in [5, 5.41) is 14.7. The van der Waals surface area contributed by atoms with Gasteiger partial charge >= 0.3 is 0 Å². The molecule has 2 rings (SSSR count). The molecule has 16 heavy (non-hydrogen) atoms. The number of aliphatic hydroxyl groups is 1. The van der Waals surface area contributed by atoms with E-state index in [0.29, 0.717) is 11.8 Å². The van der Waals surface area contributed by atoms with E-state index in [9.17, 15) is 5.11 Å². The smallest absolute Gasteiger partial charge is 0.217 e. The molecule has 0 amide bonds. The standard InChI is InChI=1S/C12H20N2O2/c1-8-10(12(16-3)14(2)13-8)11(15)9-6-4-5-7-9/h9,11,15H,4-7H2,1-3H3. The summed E-state index contributed by atoms with van der Waals surface area (Å²) in [6.45, 7) is 1.93. The largest absolute Gasteiger partial charge is 0.481 e. The first kappa shape index (κ1) is 11.5. The summed E-state index contributed by atoms with van der Waals surface area (Å²) < 4.78 is 7.02. The lowest BCUT2D eigenvalue weighted by atomic mass is 9.94. The fourth-order valence-electron chi connectivity index (χ4n) is 2.74. The summed E-state index contributed by atoms with van der Waals surface area (Å²) in [6.07, 6.45) is 4.25. The first-order valence-corrected chi connectivity index (χ1v) is 5.90. The maximum Gasteiger partial charge on any atom is 0.217 e. The Bertz CT molecular complexity index is 367. The van der Waals surface area contributed by atoms with Gasteiger partial charge < -0.3 is 9.84 Å². The van der Waals surface area contributed by atoms with Gasteiger partial charge in [-0.15, -0.1) is 0 Å². The van der Waals surface area contributed by atoms with Crippen LogP contribution in [0.25, 0.3) is 0 Å². The van der Waals surface area contributed by atoms with Crippen molar-refractivity contribution >= 4 is 0 Å². The molecular formula is C12H20N2O2. The molecule has 1 aliphatic rings. The first-order valence-electron chi connectivity index (χ1n) is 5.90. The van der Waals surface area contributed by atoms with E-state index in [4.69, 9.17) is 4.74 Å². The molecule has 4 heteroatoms. The fraction of sp³-hybridized carbons (Fsp3) is 0.750. The lowest BCUT2D eigenvalue weighted by molar-refractivity contribution is 0.107.